The molecule has 29 heavy (non-hydrogen) atoms. The first-order valence-electron chi connectivity index (χ1n) is 10.6. The average molecular weight is 420 g/mol. The maximum absolute atomic E-state index is 12.8. The van der Waals surface area contributed by atoms with Crippen molar-refractivity contribution < 1.29 is 13.2 Å². The zero-order valence-corrected chi connectivity index (χ0v) is 18.6. The number of sulfonamides is 1. The zero-order chi connectivity index (χ0) is 21.1. The number of carbonyl (C=O) groups is 1. The fourth-order valence-electron chi connectivity index (χ4n) is 4.18. The van der Waals surface area contributed by atoms with E-state index in [0.29, 0.717) is 30.0 Å². The number of hydrogen-bond acceptors (Lipinski definition) is 4. The van der Waals surface area contributed by atoms with E-state index in [1.807, 2.05) is 0 Å². The lowest BCUT2D eigenvalue weighted by Crippen LogP contribution is -2.35. The number of nitrogens with one attached hydrogen (secondary N) is 1. The summed E-state index contributed by atoms with van der Waals surface area (Å²) in [4.78, 5) is 12.7. The van der Waals surface area contributed by atoms with Crippen LogP contribution in [0.2, 0.25) is 0 Å². The maximum Gasteiger partial charge on any atom is 0.271 e. The Morgan fingerprint density at radius 1 is 1.10 bits per heavy atom. The summed E-state index contributed by atoms with van der Waals surface area (Å²) >= 11 is 0. The predicted octanol–water partition coefficient (Wildman–Crippen LogP) is 4.18. The molecule has 2 fully saturated rings. The van der Waals surface area contributed by atoms with Crippen LogP contribution in [0.25, 0.3) is 0 Å². The highest BCUT2D eigenvalue weighted by Gasteiger charge is 2.28. The minimum Gasteiger partial charge on any atom is -0.267 e. The van der Waals surface area contributed by atoms with Gasteiger partial charge in [0, 0.05) is 24.4 Å². The molecule has 3 rings (SSSR count). The lowest BCUT2D eigenvalue weighted by atomic mass is 9.72. The molecule has 0 spiro atoms. The molecule has 1 aliphatic heterocycles. The third-order valence-electron chi connectivity index (χ3n) is 6.15. The normalized spacial score (nSPS) is 21.6. The van der Waals surface area contributed by atoms with Gasteiger partial charge in [0.2, 0.25) is 10.0 Å². The first-order valence-corrected chi connectivity index (χ1v) is 12.1. The molecular weight excluding hydrogens is 386 g/mol. The van der Waals surface area contributed by atoms with Gasteiger partial charge >= 0.3 is 0 Å². The number of rotatable bonds is 4. The van der Waals surface area contributed by atoms with Gasteiger partial charge in [-0.3, -0.25) is 4.79 Å². The minimum atomic E-state index is -3.56. The van der Waals surface area contributed by atoms with E-state index in [2.05, 4.69) is 31.3 Å². The van der Waals surface area contributed by atoms with Crippen molar-refractivity contribution in [2.45, 2.75) is 70.6 Å². The second-order valence-corrected chi connectivity index (χ2v) is 11.2. The molecule has 1 N–H and O–H groups in total. The highest BCUT2D eigenvalue weighted by Crippen LogP contribution is 2.36. The molecule has 2 aliphatic rings. The smallest absolute Gasteiger partial charge is 0.267 e. The molecule has 0 bridgehead atoms. The van der Waals surface area contributed by atoms with E-state index in [4.69, 9.17) is 0 Å². The number of benzene rings is 1. The van der Waals surface area contributed by atoms with Crippen molar-refractivity contribution in [1.29, 1.82) is 0 Å². The van der Waals surface area contributed by atoms with Gasteiger partial charge in [-0.1, -0.05) is 33.3 Å². The largest absolute Gasteiger partial charge is 0.271 e. The van der Waals surface area contributed by atoms with Crippen LogP contribution in [0, 0.1) is 11.3 Å². The average Bonchev–Trinajstić information content (AvgIpc) is 2.72. The van der Waals surface area contributed by atoms with Crippen LogP contribution in [0.15, 0.2) is 34.3 Å². The molecule has 1 amide bonds. The molecule has 6 nitrogen and oxygen atoms in total. The third-order valence-corrected chi connectivity index (χ3v) is 8.05. The lowest BCUT2D eigenvalue weighted by molar-refractivity contribution is 0.0954. The van der Waals surface area contributed by atoms with Crippen LogP contribution in [-0.2, 0) is 10.0 Å². The molecule has 1 saturated heterocycles. The molecule has 0 radical (unpaired) electrons. The van der Waals surface area contributed by atoms with Crippen LogP contribution in [-0.4, -0.2) is 37.4 Å². The number of hydrazone groups is 1. The number of hydrogen-bond donors (Lipinski definition) is 1. The molecule has 160 valence electrons. The summed E-state index contributed by atoms with van der Waals surface area (Å²) in [6, 6.07) is 6.25. The van der Waals surface area contributed by atoms with Gasteiger partial charge in [0.05, 0.1) is 4.90 Å². The van der Waals surface area contributed by atoms with Crippen LogP contribution in [0.3, 0.4) is 0 Å². The van der Waals surface area contributed by atoms with E-state index in [1.54, 1.807) is 18.2 Å². The van der Waals surface area contributed by atoms with Crippen LogP contribution in [0.1, 0.15) is 76.1 Å². The van der Waals surface area contributed by atoms with Gasteiger partial charge in [-0.15, -0.1) is 0 Å². The quantitative estimate of drug-likeness (QED) is 0.744. The maximum atomic E-state index is 12.8. The lowest BCUT2D eigenvalue weighted by Gasteiger charge is -2.34. The molecule has 1 aliphatic carbocycles. The number of carbonyl (C=O) groups excluding carboxylic acids is 1. The molecule has 0 aromatic heterocycles. The highest BCUT2D eigenvalue weighted by molar-refractivity contribution is 7.89. The standard InChI is InChI=1S/C22H33N3O3S/c1-22(2,3)18-10-12-19(13-11-18)23-24-21(26)17-8-7-9-20(16-17)29(27,28)25-14-5-4-6-15-25/h7-9,16,18H,4-6,10-15H2,1-3H3,(H,24,26). The monoisotopic (exact) mass is 419 g/mol. The van der Waals surface area contributed by atoms with Gasteiger partial charge < -0.3 is 0 Å². The summed E-state index contributed by atoms with van der Waals surface area (Å²) in [6.07, 6.45) is 6.78. The second kappa shape index (κ2) is 8.96. The van der Waals surface area contributed by atoms with Crippen LogP contribution in [0.4, 0.5) is 0 Å². The summed E-state index contributed by atoms with van der Waals surface area (Å²) in [6.45, 7) is 7.90. The van der Waals surface area contributed by atoms with Gasteiger partial charge in [-0.2, -0.15) is 9.41 Å². The van der Waals surface area contributed by atoms with Crippen molar-refractivity contribution in [3.63, 3.8) is 0 Å². The van der Waals surface area contributed by atoms with E-state index in [0.717, 1.165) is 50.7 Å². The van der Waals surface area contributed by atoms with Crippen molar-refractivity contribution in [3.05, 3.63) is 29.8 Å². The molecular formula is C22H33N3O3S. The van der Waals surface area contributed by atoms with Crippen molar-refractivity contribution in [2.24, 2.45) is 16.4 Å². The van der Waals surface area contributed by atoms with Crippen molar-refractivity contribution in [3.8, 4) is 0 Å². The summed E-state index contributed by atoms with van der Waals surface area (Å²) in [5.74, 6) is 0.306. The van der Waals surface area contributed by atoms with E-state index in [9.17, 15) is 13.2 Å². The second-order valence-electron chi connectivity index (χ2n) is 9.25. The summed E-state index contributed by atoms with van der Waals surface area (Å²) < 4.78 is 27.2. The van der Waals surface area contributed by atoms with Crippen molar-refractivity contribution >= 4 is 21.6 Å². The Kier molecular flexibility index (Phi) is 6.79. The predicted molar refractivity (Wildman–Crippen MR) is 115 cm³/mol. The third kappa shape index (κ3) is 5.45. The number of piperidine rings is 1. The number of nitrogens with zero attached hydrogens (tertiary/aromatic N) is 2. The molecule has 7 heteroatoms. The van der Waals surface area contributed by atoms with Crippen LogP contribution >= 0.6 is 0 Å². The Balaban J connectivity index is 1.64. The Morgan fingerprint density at radius 3 is 2.38 bits per heavy atom. The van der Waals surface area contributed by atoms with Gasteiger partial charge in [0.15, 0.2) is 0 Å². The molecule has 0 atom stereocenters. The van der Waals surface area contributed by atoms with E-state index in [1.165, 1.54) is 10.4 Å². The summed E-state index contributed by atoms with van der Waals surface area (Å²) in [5, 5.41) is 4.31. The first kappa shape index (κ1) is 22.0. The van der Waals surface area contributed by atoms with Gasteiger partial charge in [-0.25, -0.2) is 13.8 Å². The highest BCUT2D eigenvalue weighted by atomic mass is 32.2. The first-order chi connectivity index (χ1) is 13.7. The van der Waals surface area contributed by atoms with Crippen LogP contribution < -0.4 is 5.43 Å². The summed E-state index contributed by atoms with van der Waals surface area (Å²) in [5.41, 5.74) is 4.25. The minimum absolute atomic E-state index is 0.172. The molecule has 1 aromatic rings. The van der Waals surface area contributed by atoms with Gasteiger partial charge in [-0.05, 0) is 68.1 Å². The molecule has 1 heterocycles. The zero-order valence-electron chi connectivity index (χ0n) is 17.8. The summed E-state index contributed by atoms with van der Waals surface area (Å²) in [7, 11) is -3.56. The SMILES string of the molecule is CC(C)(C)C1CCC(=NNC(=O)c2cccc(S(=O)(=O)N3CCCCC3)c2)CC1. The van der Waals surface area contributed by atoms with Gasteiger partial charge in [0.25, 0.3) is 5.91 Å². The Morgan fingerprint density at radius 2 is 1.76 bits per heavy atom. The number of amides is 1. The van der Waals surface area contributed by atoms with E-state index >= 15 is 0 Å². The van der Waals surface area contributed by atoms with Crippen molar-refractivity contribution in [1.82, 2.24) is 9.73 Å². The molecule has 0 unspecified atom stereocenters. The fourth-order valence-corrected chi connectivity index (χ4v) is 5.74. The Hall–Kier alpha value is -1.73. The fraction of sp³-hybridized carbons (Fsp3) is 0.636. The molecule has 1 aromatic carbocycles. The van der Waals surface area contributed by atoms with Crippen molar-refractivity contribution in [2.75, 3.05) is 13.1 Å². The molecule has 1 saturated carbocycles. The van der Waals surface area contributed by atoms with E-state index in [-0.39, 0.29) is 10.8 Å². The van der Waals surface area contributed by atoms with E-state index < -0.39 is 10.0 Å². The Bertz CT molecular complexity index is 856. The van der Waals surface area contributed by atoms with Crippen LogP contribution in [0.5, 0.6) is 0 Å². The Labute approximate surface area is 174 Å². The van der Waals surface area contributed by atoms with Gasteiger partial charge in [0.1, 0.15) is 0 Å². The topological polar surface area (TPSA) is 78.8 Å².